The molecule has 0 bridgehead atoms. The fraction of sp³-hybridized carbons (Fsp3) is 0.385. The van der Waals surface area contributed by atoms with E-state index in [-0.39, 0.29) is 5.69 Å². The zero-order valence-corrected chi connectivity index (χ0v) is 11.4. The summed E-state index contributed by atoms with van der Waals surface area (Å²) in [5.74, 6) is -4.75. The number of hydrogen-bond acceptors (Lipinski definition) is 4. The number of nitrogens with one attached hydrogen (secondary N) is 1. The third kappa shape index (κ3) is 2.65. The van der Waals surface area contributed by atoms with E-state index in [1.54, 1.807) is 0 Å². The molecule has 0 aliphatic carbocycles. The lowest BCUT2D eigenvalue weighted by molar-refractivity contribution is -0.173. The average molecular weight is 301 g/mol. The molecule has 3 N–H and O–H groups in total. The number of nitrogens with zero attached hydrogens (tertiary/aromatic N) is 1. The lowest BCUT2D eigenvalue weighted by atomic mass is 9.87. The van der Waals surface area contributed by atoms with E-state index in [1.807, 2.05) is 0 Å². The largest absolute Gasteiger partial charge is 0.448 e. The Hall–Kier alpha value is -2.25. The molecular weight excluding hydrogens is 287 g/mol. The van der Waals surface area contributed by atoms with Crippen molar-refractivity contribution in [1.29, 1.82) is 0 Å². The van der Waals surface area contributed by atoms with E-state index in [0.717, 1.165) is 19.1 Å². The summed E-state index contributed by atoms with van der Waals surface area (Å²) in [6.45, 7) is 1.38. The fourth-order valence-corrected chi connectivity index (χ4v) is 2.07. The van der Waals surface area contributed by atoms with E-state index < -0.39 is 41.4 Å². The van der Waals surface area contributed by atoms with E-state index >= 15 is 0 Å². The first-order chi connectivity index (χ1) is 9.65. The molecule has 0 radical (unpaired) electrons. The normalized spacial score (nSPS) is 24.0. The number of aliphatic imine (C=N–C) groups is 1. The Morgan fingerprint density at radius 2 is 2.14 bits per heavy atom. The van der Waals surface area contributed by atoms with E-state index in [9.17, 15) is 18.0 Å². The average Bonchev–Trinajstić information content (AvgIpc) is 2.36. The minimum Gasteiger partial charge on any atom is -0.448 e. The van der Waals surface area contributed by atoms with Crippen LogP contribution in [0, 0.1) is 5.82 Å². The fourth-order valence-electron chi connectivity index (χ4n) is 2.07. The van der Waals surface area contributed by atoms with E-state index in [0.29, 0.717) is 0 Å². The second-order valence-corrected chi connectivity index (χ2v) is 4.87. The van der Waals surface area contributed by atoms with Crippen molar-refractivity contribution in [2.75, 3.05) is 11.9 Å². The van der Waals surface area contributed by atoms with Crippen molar-refractivity contribution in [3.63, 3.8) is 0 Å². The molecule has 0 unspecified atom stereocenters. The van der Waals surface area contributed by atoms with Crippen LogP contribution in [0.5, 0.6) is 0 Å². The summed E-state index contributed by atoms with van der Waals surface area (Å²) in [4.78, 5) is 14.4. The van der Waals surface area contributed by atoms with Gasteiger partial charge in [0.1, 0.15) is 12.4 Å². The zero-order chi connectivity index (χ0) is 15.8. The van der Waals surface area contributed by atoms with Crippen LogP contribution in [0.25, 0.3) is 0 Å². The lowest BCUT2D eigenvalue weighted by Crippen LogP contribution is -2.53. The quantitative estimate of drug-likeness (QED) is 0.877. The van der Waals surface area contributed by atoms with Gasteiger partial charge in [-0.15, -0.1) is 0 Å². The number of amides is 1. The summed E-state index contributed by atoms with van der Waals surface area (Å²) < 4.78 is 47.2. The monoisotopic (exact) mass is 301 g/mol. The first-order valence-electron chi connectivity index (χ1n) is 6.10. The SMILES string of the molecule is CC(=O)Nc1ccc(F)c([C@@]2(C)OC(N)=NCC2(F)F)c1. The molecule has 114 valence electrons. The highest BCUT2D eigenvalue weighted by molar-refractivity contribution is 5.88. The number of carbonyl (C=O) groups excluding carboxylic acids is 1. The number of nitrogens with two attached hydrogens (primary N) is 1. The van der Waals surface area contributed by atoms with Gasteiger partial charge in [0.25, 0.3) is 6.02 Å². The van der Waals surface area contributed by atoms with Gasteiger partial charge in [-0.05, 0) is 25.1 Å². The molecule has 0 saturated heterocycles. The molecule has 2 rings (SSSR count). The second kappa shape index (κ2) is 4.94. The van der Waals surface area contributed by atoms with Crippen molar-refractivity contribution in [1.82, 2.24) is 0 Å². The third-order valence-electron chi connectivity index (χ3n) is 3.24. The molecule has 1 amide bonds. The highest BCUT2D eigenvalue weighted by Crippen LogP contribution is 2.44. The van der Waals surface area contributed by atoms with Gasteiger partial charge in [-0.2, -0.15) is 8.78 Å². The molecule has 1 heterocycles. The van der Waals surface area contributed by atoms with Crippen molar-refractivity contribution < 1.29 is 22.7 Å². The molecule has 1 aromatic rings. The Bertz CT molecular complexity index is 619. The van der Waals surface area contributed by atoms with Crippen molar-refractivity contribution in [3.05, 3.63) is 29.6 Å². The molecule has 21 heavy (non-hydrogen) atoms. The van der Waals surface area contributed by atoms with E-state index in [1.165, 1.54) is 13.0 Å². The van der Waals surface area contributed by atoms with E-state index in [2.05, 4.69) is 10.3 Å². The smallest absolute Gasteiger partial charge is 0.310 e. The predicted molar refractivity (Wildman–Crippen MR) is 70.6 cm³/mol. The second-order valence-electron chi connectivity index (χ2n) is 4.87. The third-order valence-corrected chi connectivity index (χ3v) is 3.24. The van der Waals surface area contributed by atoms with Crippen LogP contribution in [-0.2, 0) is 15.1 Å². The number of amidine groups is 1. The Morgan fingerprint density at radius 1 is 1.48 bits per heavy atom. The number of carbonyl (C=O) groups is 1. The van der Waals surface area contributed by atoms with Crippen molar-refractivity contribution >= 4 is 17.6 Å². The topological polar surface area (TPSA) is 76.7 Å². The van der Waals surface area contributed by atoms with Crippen LogP contribution < -0.4 is 11.1 Å². The summed E-state index contributed by atoms with van der Waals surface area (Å²) in [6, 6.07) is 2.91. The van der Waals surface area contributed by atoms with Gasteiger partial charge < -0.3 is 15.8 Å². The van der Waals surface area contributed by atoms with Crippen LogP contribution in [0.15, 0.2) is 23.2 Å². The zero-order valence-electron chi connectivity index (χ0n) is 11.4. The van der Waals surface area contributed by atoms with Crippen LogP contribution in [0.3, 0.4) is 0 Å². The van der Waals surface area contributed by atoms with Gasteiger partial charge in [-0.3, -0.25) is 4.79 Å². The highest BCUT2D eigenvalue weighted by atomic mass is 19.3. The Balaban J connectivity index is 2.53. The summed E-state index contributed by atoms with van der Waals surface area (Å²) >= 11 is 0. The molecule has 1 aliphatic heterocycles. The number of hydrogen-bond donors (Lipinski definition) is 2. The van der Waals surface area contributed by atoms with Crippen LogP contribution in [0.4, 0.5) is 18.9 Å². The van der Waals surface area contributed by atoms with Gasteiger partial charge in [0, 0.05) is 18.2 Å². The minimum absolute atomic E-state index is 0.181. The summed E-state index contributed by atoms with van der Waals surface area (Å²) in [6.07, 6.45) is 0. The molecular formula is C13H14F3N3O2. The van der Waals surface area contributed by atoms with Crippen LogP contribution >= 0.6 is 0 Å². The Morgan fingerprint density at radius 3 is 2.76 bits per heavy atom. The van der Waals surface area contributed by atoms with E-state index in [4.69, 9.17) is 10.5 Å². The number of ether oxygens (including phenoxy) is 1. The highest BCUT2D eigenvalue weighted by Gasteiger charge is 2.57. The van der Waals surface area contributed by atoms with Crippen LogP contribution in [0.1, 0.15) is 19.4 Å². The number of anilines is 1. The predicted octanol–water partition coefficient (Wildman–Crippen LogP) is 1.98. The molecule has 1 aliphatic rings. The Kier molecular flexibility index (Phi) is 3.56. The summed E-state index contributed by atoms with van der Waals surface area (Å²) in [5, 5.41) is 2.40. The summed E-state index contributed by atoms with van der Waals surface area (Å²) in [5.41, 5.74) is 2.81. The molecule has 0 saturated carbocycles. The number of benzene rings is 1. The van der Waals surface area contributed by atoms with Crippen molar-refractivity contribution in [3.8, 4) is 0 Å². The van der Waals surface area contributed by atoms with Crippen molar-refractivity contribution in [2.45, 2.75) is 25.4 Å². The van der Waals surface area contributed by atoms with Gasteiger partial charge in [0.15, 0.2) is 0 Å². The van der Waals surface area contributed by atoms with Crippen LogP contribution in [-0.4, -0.2) is 24.4 Å². The lowest BCUT2D eigenvalue weighted by Gasteiger charge is -2.39. The molecule has 0 fully saturated rings. The first kappa shape index (κ1) is 15.1. The maximum Gasteiger partial charge on any atom is 0.310 e. The first-order valence-corrected chi connectivity index (χ1v) is 6.10. The molecule has 1 aromatic carbocycles. The van der Waals surface area contributed by atoms with Crippen LogP contribution in [0.2, 0.25) is 0 Å². The molecule has 0 aromatic heterocycles. The van der Waals surface area contributed by atoms with Gasteiger partial charge in [-0.1, -0.05) is 0 Å². The molecule has 5 nitrogen and oxygen atoms in total. The maximum atomic E-state index is 14.1. The number of alkyl halides is 2. The van der Waals surface area contributed by atoms with Gasteiger partial charge >= 0.3 is 5.92 Å². The number of halogens is 3. The van der Waals surface area contributed by atoms with Gasteiger partial charge in [-0.25, -0.2) is 9.38 Å². The summed E-state index contributed by atoms with van der Waals surface area (Å²) in [7, 11) is 0. The van der Waals surface area contributed by atoms with Gasteiger partial charge in [0.05, 0.1) is 0 Å². The molecule has 1 atom stereocenters. The number of rotatable bonds is 2. The van der Waals surface area contributed by atoms with Crippen molar-refractivity contribution in [2.24, 2.45) is 10.7 Å². The minimum atomic E-state index is -3.45. The standard InChI is InChI=1S/C13H14F3N3O2/c1-7(20)19-8-3-4-10(14)9(5-8)12(2)13(15,16)6-18-11(17)21-12/h3-5H,6H2,1-2H3,(H2,17,18)(H,19,20)/t12-/m1/s1. The maximum absolute atomic E-state index is 14.1. The van der Waals surface area contributed by atoms with Gasteiger partial charge in [0.2, 0.25) is 11.5 Å². The Labute approximate surface area is 119 Å². The molecule has 0 spiro atoms. The molecule has 8 heteroatoms.